The van der Waals surface area contributed by atoms with E-state index in [9.17, 15) is 9.59 Å². The number of aromatic carboxylic acids is 1. The van der Waals surface area contributed by atoms with Crippen LogP contribution in [-0.2, 0) is 0 Å². The second kappa shape index (κ2) is 5.87. The van der Waals surface area contributed by atoms with Crippen LogP contribution in [0.4, 0.5) is 0 Å². The number of pyridine rings is 1. The first-order valence-electron chi connectivity index (χ1n) is 5.64. The highest BCUT2D eigenvalue weighted by Crippen LogP contribution is 2.26. The molecule has 0 aromatic carbocycles. The lowest BCUT2D eigenvalue weighted by atomic mass is 9.95. The van der Waals surface area contributed by atoms with Crippen LogP contribution in [0.25, 0.3) is 0 Å². The summed E-state index contributed by atoms with van der Waals surface area (Å²) in [4.78, 5) is 22.7. The van der Waals surface area contributed by atoms with Crippen molar-refractivity contribution in [3.63, 3.8) is 0 Å². The molecule has 94 valence electrons. The van der Waals surface area contributed by atoms with Gasteiger partial charge in [-0.3, -0.25) is 4.79 Å². The van der Waals surface area contributed by atoms with Crippen molar-refractivity contribution in [2.75, 3.05) is 0 Å². The Morgan fingerprint density at radius 1 is 1.29 bits per heavy atom. The highest BCUT2D eigenvalue weighted by molar-refractivity contribution is 5.87. The minimum Gasteiger partial charge on any atom is -0.477 e. The minimum absolute atomic E-state index is 0. The van der Waals surface area contributed by atoms with Crippen molar-refractivity contribution in [3.8, 4) is 0 Å². The second-order valence-electron chi connectivity index (χ2n) is 4.23. The van der Waals surface area contributed by atoms with E-state index in [1.807, 2.05) is 0 Å². The van der Waals surface area contributed by atoms with Gasteiger partial charge in [-0.05, 0) is 25.0 Å². The van der Waals surface area contributed by atoms with Gasteiger partial charge in [0, 0.05) is 12.2 Å². The molecule has 0 atom stereocenters. The van der Waals surface area contributed by atoms with Gasteiger partial charge in [-0.25, -0.2) is 4.79 Å². The molecule has 0 amide bonds. The molecule has 2 rings (SSSR count). The van der Waals surface area contributed by atoms with Gasteiger partial charge < -0.3 is 9.67 Å². The molecule has 1 aromatic rings. The number of hydrogen-bond donors (Lipinski definition) is 1. The Kier molecular flexibility index (Phi) is 4.75. The highest BCUT2D eigenvalue weighted by atomic mass is 35.5. The molecule has 0 unspecified atom stereocenters. The normalized spacial score (nSPS) is 16.2. The number of carboxylic acid groups (broad SMARTS) is 1. The van der Waals surface area contributed by atoms with Gasteiger partial charge in [0.05, 0.1) is 0 Å². The van der Waals surface area contributed by atoms with E-state index in [0.29, 0.717) is 0 Å². The summed E-state index contributed by atoms with van der Waals surface area (Å²) in [5, 5.41) is 8.88. The number of nitrogens with zero attached hydrogens (tertiary/aromatic N) is 1. The first-order chi connectivity index (χ1) is 7.70. The van der Waals surface area contributed by atoms with Gasteiger partial charge in [-0.15, -0.1) is 12.4 Å². The Morgan fingerprint density at radius 2 is 1.94 bits per heavy atom. The summed E-state index contributed by atoms with van der Waals surface area (Å²) in [6, 6.07) is 3.18. The van der Waals surface area contributed by atoms with Gasteiger partial charge >= 0.3 is 5.97 Å². The van der Waals surface area contributed by atoms with Crippen molar-refractivity contribution in [2.45, 2.75) is 38.1 Å². The van der Waals surface area contributed by atoms with Gasteiger partial charge in [0.15, 0.2) is 0 Å². The summed E-state index contributed by atoms with van der Waals surface area (Å²) < 4.78 is 1.59. The van der Waals surface area contributed by atoms with E-state index in [2.05, 4.69) is 0 Å². The Morgan fingerprint density at radius 3 is 2.53 bits per heavy atom. The van der Waals surface area contributed by atoms with Gasteiger partial charge in [-0.2, -0.15) is 0 Å². The van der Waals surface area contributed by atoms with Crippen molar-refractivity contribution < 1.29 is 9.90 Å². The summed E-state index contributed by atoms with van der Waals surface area (Å²) in [5.74, 6) is -1.14. The predicted molar refractivity (Wildman–Crippen MR) is 67.0 cm³/mol. The maximum Gasteiger partial charge on any atom is 0.341 e. The SMILES string of the molecule is Cl.O=C(O)c1cccn(C2CCCCC2)c1=O. The van der Waals surface area contributed by atoms with Crippen LogP contribution in [0.2, 0.25) is 0 Å². The summed E-state index contributed by atoms with van der Waals surface area (Å²) in [5.41, 5.74) is -0.505. The standard InChI is InChI=1S/C12H15NO3.ClH/c14-11-10(12(15)16)7-4-8-13(11)9-5-2-1-3-6-9;/h4,7-9H,1-3,5-6H2,(H,15,16);1H. The average Bonchev–Trinajstić information content (AvgIpc) is 2.30. The molecule has 1 fully saturated rings. The van der Waals surface area contributed by atoms with Gasteiger partial charge in [0.2, 0.25) is 0 Å². The topological polar surface area (TPSA) is 59.3 Å². The lowest BCUT2D eigenvalue weighted by Crippen LogP contribution is -2.29. The lowest BCUT2D eigenvalue weighted by Gasteiger charge is -2.23. The van der Waals surface area contributed by atoms with Crippen LogP contribution in [0.3, 0.4) is 0 Å². The van der Waals surface area contributed by atoms with Gasteiger partial charge in [0.1, 0.15) is 5.56 Å². The van der Waals surface area contributed by atoms with E-state index in [-0.39, 0.29) is 29.6 Å². The first kappa shape index (κ1) is 13.8. The third-order valence-corrected chi connectivity index (χ3v) is 3.17. The molecule has 5 heteroatoms. The molecule has 0 bridgehead atoms. The van der Waals surface area contributed by atoms with Crippen molar-refractivity contribution in [3.05, 3.63) is 34.2 Å². The molecular weight excluding hydrogens is 242 g/mol. The molecular formula is C12H16ClNO3. The van der Waals surface area contributed by atoms with E-state index in [4.69, 9.17) is 5.11 Å². The van der Waals surface area contributed by atoms with Crippen LogP contribution in [0.15, 0.2) is 23.1 Å². The number of carbonyl (C=O) groups is 1. The fourth-order valence-electron chi connectivity index (χ4n) is 2.32. The number of rotatable bonds is 2. The van der Waals surface area contributed by atoms with E-state index in [1.165, 1.54) is 12.5 Å². The molecule has 1 saturated carbocycles. The number of hydrogen-bond acceptors (Lipinski definition) is 2. The minimum atomic E-state index is -1.14. The average molecular weight is 258 g/mol. The molecule has 1 heterocycles. The third-order valence-electron chi connectivity index (χ3n) is 3.17. The largest absolute Gasteiger partial charge is 0.477 e. The van der Waals surface area contributed by atoms with Crippen molar-refractivity contribution in [1.82, 2.24) is 4.57 Å². The quantitative estimate of drug-likeness (QED) is 0.885. The second-order valence-corrected chi connectivity index (χ2v) is 4.23. The van der Waals surface area contributed by atoms with Crippen molar-refractivity contribution in [1.29, 1.82) is 0 Å². The van der Waals surface area contributed by atoms with Crippen LogP contribution in [-0.4, -0.2) is 15.6 Å². The highest BCUT2D eigenvalue weighted by Gasteiger charge is 2.18. The summed E-state index contributed by atoms with van der Waals surface area (Å²) in [7, 11) is 0. The van der Waals surface area contributed by atoms with E-state index in [0.717, 1.165) is 25.7 Å². The zero-order valence-electron chi connectivity index (χ0n) is 9.46. The Hall–Kier alpha value is -1.29. The van der Waals surface area contributed by atoms with Crippen LogP contribution >= 0.6 is 12.4 Å². The smallest absolute Gasteiger partial charge is 0.341 e. The predicted octanol–water partition coefficient (Wildman–Crippen LogP) is 2.47. The van der Waals surface area contributed by atoms with Gasteiger partial charge in [0.25, 0.3) is 5.56 Å². The van der Waals surface area contributed by atoms with Crippen LogP contribution in [0, 0.1) is 0 Å². The van der Waals surface area contributed by atoms with E-state index in [1.54, 1.807) is 16.8 Å². The van der Waals surface area contributed by atoms with Crippen molar-refractivity contribution >= 4 is 18.4 Å². The van der Waals surface area contributed by atoms with E-state index < -0.39 is 5.97 Å². The number of aromatic nitrogens is 1. The van der Waals surface area contributed by atoms with Crippen LogP contribution in [0.1, 0.15) is 48.5 Å². The molecule has 0 radical (unpaired) electrons. The van der Waals surface area contributed by atoms with Gasteiger partial charge in [-0.1, -0.05) is 19.3 Å². The Bertz CT molecular complexity index is 449. The summed E-state index contributed by atoms with van der Waals surface area (Å²) in [6.07, 6.45) is 7.10. The summed E-state index contributed by atoms with van der Waals surface area (Å²) in [6.45, 7) is 0. The lowest BCUT2D eigenvalue weighted by molar-refractivity contribution is 0.0694. The first-order valence-corrected chi connectivity index (χ1v) is 5.64. The molecule has 1 N–H and O–H groups in total. The molecule has 0 spiro atoms. The fraction of sp³-hybridized carbons (Fsp3) is 0.500. The van der Waals surface area contributed by atoms with Crippen LogP contribution < -0.4 is 5.56 Å². The molecule has 1 aliphatic rings. The number of halogens is 1. The fourth-order valence-corrected chi connectivity index (χ4v) is 2.32. The molecule has 0 aliphatic heterocycles. The Labute approximate surface area is 106 Å². The number of carboxylic acids is 1. The molecule has 4 nitrogen and oxygen atoms in total. The molecule has 0 saturated heterocycles. The van der Waals surface area contributed by atoms with E-state index >= 15 is 0 Å². The zero-order valence-corrected chi connectivity index (χ0v) is 10.3. The molecule has 17 heavy (non-hydrogen) atoms. The third kappa shape index (κ3) is 2.88. The molecule has 1 aliphatic carbocycles. The summed E-state index contributed by atoms with van der Waals surface area (Å²) >= 11 is 0. The van der Waals surface area contributed by atoms with Crippen LogP contribution in [0.5, 0.6) is 0 Å². The zero-order chi connectivity index (χ0) is 11.5. The maximum absolute atomic E-state index is 11.9. The Balaban J connectivity index is 0.00000144. The van der Waals surface area contributed by atoms with Crippen molar-refractivity contribution in [2.24, 2.45) is 0 Å². The maximum atomic E-state index is 11.9. The monoisotopic (exact) mass is 257 g/mol. The molecule has 1 aromatic heterocycles.